The number of anilines is 1. The molecule has 0 unspecified atom stereocenters. The fourth-order valence-electron chi connectivity index (χ4n) is 3.26. The van der Waals surface area contributed by atoms with E-state index in [1.807, 2.05) is 12.1 Å². The van der Waals surface area contributed by atoms with Crippen molar-refractivity contribution in [2.45, 2.75) is 35.5 Å². The molecule has 3 rings (SSSR count). The number of benzene rings is 2. The Balaban J connectivity index is 1.63. The van der Waals surface area contributed by atoms with Gasteiger partial charge in [-0.2, -0.15) is 4.31 Å². The Hall–Kier alpha value is -2.36. The van der Waals surface area contributed by atoms with Gasteiger partial charge in [-0.3, -0.25) is 9.59 Å². The first-order chi connectivity index (χ1) is 14.4. The van der Waals surface area contributed by atoms with Crippen molar-refractivity contribution in [3.05, 3.63) is 54.1 Å². The van der Waals surface area contributed by atoms with Crippen LogP contribution in [0, 0.1) is 0 Å². The van der Waals surface area contributed by atoms with Gasteiger partial charge in [0.15, 0.2) is 0 Å². The second-order valence-corrected chi connectivity index (χ2v) is 10.0. The second kappa shape index (κ2) is 10.1. The predicted molar refractivity (Wildman–Crippen MR) is 118 cm³/mol. The summed E-state index contributed by atoms with van der Waals surface area (Å²) in [6, 6.07) is 13.6. The van der Waals surface area contributed by atoms with Crippen LogP contribution in [-0.4, -0.2) is 43.4 Å². The number of piperidine rings is 1. The zero-order valence-corrected chi connectivity index (χ0v) is 18.2. The van der Waals surface area contributed by atoms with Crippen LogP contribution in [0.5, 0.6) is 0 Å². The minimum Gasteiger partial charge on any atom is -0.369 e. The van der Waals surface area contributed by atoms with Gasteiger partial charge >= 0.3 is 0 Å². The van der Waals surface area contributed by atoms with Crippen LogP contribution in [0.1, 0.15) is 24.8 Å². The van der Waals surface area contributed by atoms with E-state index < -0.39 is 15.9 Å². The molecule has 1 fully saturated rings. The Morgan fingerprint density at radius 2 is 1.67 bits per heavy atom. The lowest BCUT2D eigenvalue weighted by Crippen LogP contribution is -2.35. The van der Waals surface area contributed by atoms with Crippen LogP contribution in [0.4, 0.5) is 5.69 Å². The number of amides is 2. The number of sulfonamides is 1. The molecule has 0 radical (unpaired) electrons. The van der Waals surface area contributed by atoms with Gasteiger partial charge in [-0.1, -0.05) is 30.7 Å². The molecule has 2 aromatic rings. The van der Waals surface area contributed by atoms with Crippen molar-refractivity contribution < 1.29 is 18.0 Å². The van der Waals surface area contributed by atoms with E-state index in [1.165, 1.54) is 16.1 Å². The third-order valence-corrected chi connectivity index (χ3v) is 7.78. The summed E-state index contributed by atoms with van der Waals surface area (Å²) in [6.45, 7) is 1.11. The third kappa shape index (κ3) is 5.84. The van der Waals surface area contributed by atoms with Crippen LogP contribution in [0.2, 0.25) is 0 Å². The maximum absolute atomic E-state index is 12.7. The Morgan fingerprint density at radius 3 is 2.33 bits per heavy atom. The molecule has 160 valence electrons. The minimum atomic E-state index is -3.48. The van der Waals surface area contributed by atoms with E-state index in [4.69, 9.17) is 5.73 Å². The molecule has 1 aliphatic rings. The minimum absolute atomic E-state index is 0.110. The SMILES string of the molecule is NC(=O)CSc1ccccc1NC(=O)Cc1ccc(S(=O)(=O)N2CCCCC2)cc1. The normalized spacial score (nSPS) is 14.9. The fourth-order valence-corrected chi connectivity index (χ4v) is 5.52. The van der Waals surface area contributed by atoms with Gasteiger partial charge in [0.25, 0.3) is 0 Å². The Morgan fingerprint density at radius 1 is 1.00 bits per heavy atom. The van der Waals surface area contributed by atoms with Crippen LogP contribution < -0.4 is 11.1 Å². The van der Waals surface area contributed by atoms with E-state index in [9.17, 15) is 18.0 Å². The molecule has 0 spiro atoms. The van der Waals surface area contributed by atoms with Crippen molar-refractivity contribution in [1.29, 1.82) is 0 Å². The molecule has 0 aliphatic carbocycles. The van der Waals surface area contributed by atoms with Crippen LogP contribution in [0.3, 0.4) is 0 Å². The summed E-state index contributed by atoms with van der Waals surface area (Å²) in [5.41, 5.74) is 6.52. The van der Waals surface area contributed by atoms with Crippen molar-refractivity contribution in [1.82, 2.24) is 4.31 Å². The lowest BCUT2D eigenvalue weighted by Gasteiger charge is -2.25. The number of nitrogens with one attached hydrogen (secondary N) is 1. The highest BCUT2D eigenvalue weighted by Crippen LogP contribution is 2.27. The Labute approximate surface area is 181 Å². The fraction of sp³-hybridized carbons (Fsp3) is 0.333. The lowest BCUT2D eigenvalue weighted by atomic mass is 10.1. The van der Waals surface area contributed by atoms with Gasteiger partial charge in [0, 0.05) is 18.0 Å². The number of nitrogens with zero attached hydrogens (tertiary/aromatic N) is 1. The van der Waals surface area contributed by atoms with Crippen molar-refractivity contribution in [2.75, 3.05) is 24.2 Å². The second-order valence-electron chi connectivity index (χ2n) is 7.08. The maximum atomic E-state index is 12.7. The number of para-hydroxylation sites is 1. The molecule has 2 aromatic carbocycles. The number of carbonyl (C=O) groups is 2. The monoisotopic (exact) mass is 447 g/mol. The van der Waals surface area contributed by atoms with E-state index in [1.54, 1.807) is 36.4 Å². The first-order valence-corrected chi connectivity index (χ1v) is 12.2. The number of thioether (sulfide) groups is 1. The molecule has 0 atom stereocenters. The molecule has 1 saturated heterocycles. The molecule has 0 saturated carbocycles. The highest BCUT2D eigenvalue weighted by atomic mass is 32.2. The van der Waals surface area contributed by atoms with Gasteiger partial charge in [-0.25, -0.2) is 8.42 Å². The third-order valence-electron chi connectivity index (χ3n) is 4.77. The largest absolute Gasteiger partial charge is 0.369 e. The van der Waals surface area contributed by atoms with E-state index in [2.05, 4.69) is 5.32 Å². The smallest absolute Gasteiger partial charge is 0.243 e. The number of hydrogen-bond donors (Lipinski definition) is 2. The molecule has 1 aliphatic heterocycles. The van der Waals surface area contributed by atoms with Gasteiger partial charge in [0.1, 0.15) is 0 Å². The topological polar surface area (TPSA) is 110 Å². The molecule has 30 heavy (non-hydrogen) atoms. The van der Waals surface area contributed by atoms with Crippen LogP contribution in [0.25, 0.3) is 0 Å². The molecular formula is C21H25N3O4S2. The summed E-state index contributed by atoms with van der Waals surface area (Å²) in [6.07, 6.45) is 2.94. The highest BCUT2D eigenvalue weighted by molar-refractivity contribution is 8.00. The zero-order chi connectivity index (χ0) is 21.6. The molecule has 2 amide bonds. The number of primary amides is 1. The van der Waals surface area contributed by atoms with E-state index in [0.717, 1.165) is 24.2 Å². The number of hydrogen-bond acceptors (Lipinski definition) is 5. The summed E-state index contributed by atoms with van der Waals surface area (Å²) in [5, 5.41) is 2.84. The van der Waals surface area contributed by atoms with Crippen LogP contribution in [0.15, 0.2) is 58.3 Å². The molecule has 0 bridgehead atoms. The summed E-state index contributed by atoms with van der Waals surface area (Å²) in [4.78, 5) is 24.5. The van der Waals surface area contributed by atoms with Crippen LogP contribution in [-0.2, 0) is 26.0 Å². The van der Waals surface area contributed by atoms with Crippen molar-refractivity contribution >= 4 is 39.3 Å². The molecule has 9 heteroatoms. The zero-order valence-electron chi connectivity index (χ0n) is 16.5. The van der Waals surface area contributed by atoms with Crippen molar-refractivity contribution in [3.63, 3.8) is 0 Å². The summed E-state index contributed by atoms with van der Waals surface area (Å²) in [7, 11) is -3.48. The standard InChI is InChI=1S/C21H25N3O4S2/c22-20(25)15-29-19-7-3-2-6-18(19)23-21(26)14-16-8-10-17(11-9-16)30(27,28)24-12-4-1-5-13-24/h2-3,6-11H,1,4-5,12-15H2,(H2,22,25)(H,23,26). The van der Waals surface area contributed by atoms with Gasteiger partial charge < -0.3 is 11.1 Å². The molecule has 1 heterocycles. The first kappa shape index (κ1) is 22.3. The molecule has 3 N–H and O–H groups in total. The average molecular weight is 448 g/mol. The Bertz CT molecular complexity index is 1000. The average Bonchev–Trinajstić information content (AvgIpc) is 2.74. The summed E-state index contributed by atoms with van der Waals surface area (Å²) in [5.74, 6) is -0.533. The first-order valence-electron chi connectivity index (χ1n) is 9.75. The van der Waals surface area contributed by atoms with Gasteiger partial charge in [-0.05, 0) is 42.7 Å². The molecular weight excluding hydrogens is 422 g/mol. The predicted octanol–water partition coefficient (Wildman–Crippen LogP) is 2.62. The van der Waals surface area contributed by atoms with Crippen molar-refractivity contribution in [2.24, 2.45) is 5.73 Å². The maximum Gasteiger partial charge on any atom is 0.243 e. The van der Waals surface area contributed by atoms with Crippen molar-refractivity contribution in [3.8, 4) is 0 Å². The van der Waals surface area contributed by atoms with E-state index in [0.29, 0.717) is 24.3 Å². The highest BCUT2D eigenvalue weighted by Gasteiger charge is 2.25. The summed E-state index contributed by atoms with van der Waals surface area (Å²) < 4.78 is 27.0. The number of carbonyl (C=O) groups excluding carboxylic acids is 2. The van der Waals surface area contributed by atoms with Gasteiger partial charge in [-0.15, -0.1) is 11.8 Å². The summed E-state index contributed by atoms with van der Waals surface area (Å²) >= 11 is 1.26. The van der Waals surface area contributed by atoms with Crippen LogP contribution >= 0.6 is 11.8 Å². The van der Waals surface area contributed by atoms with E-state index >= 15 is 0 Å². The number of rotatable bonds is 8. The van der Waals surface area contributed by atoms with E-state index in [-0.39, 0.29) is 23.0 Å². The molecule has 0 aromatic heterocycles. The quantitative estimate of drug-likeness (QED) is 0.605. The number of nitrogens with two attached hydrogens (primary N) is 1. The molecule has 7 nitrogen and oxygen atoms in total. The van der Waals surface area contributed by atoms with Gasteiger partial charge in [0.05, 0.1) is 22.8 Å². The van der Waals surface area contributed by atoms with Gasteiger partial charge in [0.2, 0.25) is 21.8 Å². The lowest BCUT2D eigenvalue weighted by molar-refractivity contribution is -0.116. The Kier molecular flexibility index (Phi) is 7.52.